The molecule has 1 saturated carbocycles. The number of nitrogens with zero attached hydrogens (tertiary/aromatic N) is 1. The van der Waals surface area contributed by atoms with Crippen molar-refractivity contribution in [2.24, 2.45) is 11.3 Å². The minimum atomic E-state index is -0.423. The fraction of sp³-hybridized carbons (Fsp3) is 0.750. The lowest BCUT2D eigenvalue weighted by molar-refractivity contribution is 0.0268. The lowest BCUT2D eigenvalue weighted by Gasteiger charge is -2.25. The molecular weight excluding hydrogens is 190 g/mol. The standard InChI is InChI=1S/C12H17NO2/c1-5-12-6-9(12)7-13(8-12)10(14)15-11(2,3)4/h1,9H,6-8H2,2-4H3/t9-,12+/m0/s1. The molecule has 0 unspecified atom stereocenters. The van der Waals surface area contributed by atoms with Crippen molar-refractivity contribution in [3.8, 4) is 12.3 Å². The molecule has 0 bridgehead atoms. The zero-order valence-electron chi connectivity index (χ0n) is 9.54. The van der Waals surface area contributed by atoms with Crippen LogP contribution in [0.2, 0.25) is 0 Å². The zero-order chi connectivity index (χ0) is 11.3. The molecule has 2 atom stereocenters. The Balaban J connectivity index is 1.93. The third-order valence-electron chi connectivity index (χ3n) is 3.08. The van der Waals surface area contributed by atoms with Crippen LogP contribution in [0.3, 0.4) is 0 Å². The number of ether oxygens (including phenoxy) is 1. The van der Waals surface area contributed by atoms with E-state index in [0.717, 1.165) is 13.0 Å². The summed E-state index contributed by atoms with van der Waals surface area (Å²) in [6.07, 6.45) is 6.31. The van der Waals surface area contributed by atoms with Gasteiger partial charge in [-0.05, 0) is 33.1 Å². The van der Waals surface area contributed by atoms with Crippen molar-refractivity contribution in [1.29, 1.82) is 0 Å². The van der Waals surface area contributed by atoms with Crippen LogP contribution in [0.15, 0.2) is 0 Å². The summed E-state index contributed by atoms with van der Waals surface area (Å²) >= 11 is 0. The second kappa shape index (κ2) is 2.91. The fourth-order valence-corrected chi connectivity index (χ4v) is 2.17. The average molecular weight is 207 g/mol. The predicted octanol–water partition coefficient (Wildman–Crippen LogP) is 1.88. The largest absolute Gasteiger partial charge is 0.444 e. The van der Waals surface area contributed by atoms with Gasteiger partial charge in [0.2, 0.25) is 0 Å². The SMILES string of the molecule is C#C[C@]12C[C@H]1CN(C(=O)OC(C)(C)C)C2. The van der Waals surface area contributed by atoms with Gasteiger partial charge in [-0.2, -0.15) is 0 Å². The van der Waals surface area contributed by atoms with Crippen LogP contribution in [0.25, 0.3) is 0 Å². The Morgan fingerprint density at radius 3 is 2.73 bits per heavy atom. The summed E-state index contributed by atoms with van der Waals surface area (Å²) in [5.74, 6) is 3.32. The summed E-state index contributed by atoms with van der Waals surface area (Å²) in [5, 5.41) is 0. The molecule has 82 valence electrons. The summed E-state index contributed by atoms with van der Waals surface area (Å²) < 4.78 is 5.30. The molecule has 2 aliphatic rings. The van der Waals surface area contributed by atoms with E-state index in [-0.39, 0.29) is 11.5 Å². The maximum absolute atomic E-state index is 11.7. The van der Waals surface area contributed by atoms with Crippen LogP contribution in [0, 0.1) is 23.7 Å². The minimum absolute atomic E-state index is 0.0170. The molecule has 1 heterocycles. The molecule has 0 radical (unpaired) electrons. The molecule has 3 heteroatoms. The Labute approximate surface area is 90.8 Å². The number of amides is 1. The first-order valence-electron chi connectivity index (χ1n) is 5.32. The monoisotopic (exact) mass is 207 g/mol. The summed E-state index contributed by atoms with van der Waals surface area (Å²) in [6.45, 7) is 7.05. The highest BCUT2D eigenvalue weighted by Crippen LogP contribution is 2.57. The number of piperidine rings is 1. The van der Waals surface area contributed by atoms with Crippen LogP contribution in [0.5, 0.6) is 0 Å². The summed E-state index contributed by atoms with van der Waals surface area (Å²) in [7, 11) is 0. The Bertz CT molecular complexity index is 337. The van der Waals surface area contributed by atoms with E-state index < -0.39 is 5.60 Å². The van der Waals surface area contributed by atoms with Crippen molar-refractivity contribution in [2.45, 2.75) is 32.8 Å². The molecule has 3 nitrogen and oxygen atoms in total. The molecule has 1 amide bonds. The first kappa shape index (κ1) is 10.4. The Hall–Kier alpha value is -1.17. The smallest absolute Gasteiger partial charge is 0.410 e. The van der Waals surface area contributed by atoms with Gasteiger partial charge in [-0.15, -0.1) is 6.42 Å². The minimum Gasteiger partial charge on any atom is -0.444 e. The van der Waals surface area contributed by atoms with Crippen molar-refractivity contribution >= 4 is 6.09 Å². The molecule has 1 aliphatic carbocycles. The van der Waals surface area contributed by atoms with Gasteiger partial charge in [0.15, 0.2) is 0 Å². The average Bonchev–Trinajstić information content (AvgIpc) is 2.66. The van der Waals surface area contributed by atoms with Crippen molar-refractivity contribution < 1.29 is 9.53 Å². The van der Waals surface area contributed by atoms with Crippen molar-refractivity contribution in [2.75, 3.05) is 13.1 Å². The van der Waals surface area contributed by atoms with Gasteiger partial charge in [0.1, 0.15) is 5.60 Å². The Kier molecular flexibility index (Phi) is 2.01. The van der Waals surface area contributed by atoms with E-state index in [1.54, 1.807) is 4.90 Å². The molecule has 0 aromatic heterocycles. The molecule has 1 saturated heterocycles. The van der Waals surface area contributed by atoms with Crippen LogP contribution in [-0.4, -0.2) is 29.7 Å². The number of fused-ring (bicyclic) bond motifs is 1. The Morgan fingerprint density at radius 2 is 2.27 bits per heavy atom. The van der Waals surface area contributed by atoms with Gasteiger partial charge in [0, 0.05) is 13.1 Å². The maximum Gasteiger partial charge on any atom is 0.410 e. The van der Waals surface area contributed by atoms with E-state index in [0.29, 0.717) is 12.5 Å². The lowest BCUT2D eigenvalue weighted by atomic mass is 10.1. The van der Waals surface area contributed by atoms with E-state index in [1.807, 2.05) is 20.8 Å². The van der Waals surface area contributed by atoms with Gasteiger partial charge in [0.05, 0.1) is 5.41 Å². The van der Waals surface area contributed by atoms with Gasteiger partial charge < -0.3 is 9.64 Å². The van der Waals surface area contributed by atoms with Crippen molar-refractivity contribution in [1.82, 2.24) is 4.90 Å². The van der Waals surface area contributed by atoms with Crippen molar-refractivity contribution in [3.05, 3.63) is 0 Å². The second-order valence-corrected chi connectivity index (χ2v) is 5.56. The number of carbonyl (C=O) groups is 1. The summed E-state index contributed by atoms with van der Waals surface area (Å²) in [4.78, 5) is 13.5. The van der Waals surface area contributed by atoms with E-state index in [9.17, 15) is 4.79 Å². The number of terminal acetylenes is 1. The number of likely N-dealkylation sites (tertiary alicyclic amines) is 1. The van der Waals surface area contributed by atoms with Crippen LogP contribution >= 0.6 is 0 Å². The van der Waals surface area contributed by atoms with Gasteiger partial charge in [-0.1, -0.05) is 5.92 Å². The molecule has 15 heavy (non-hydrogen) atoms. The lowest BCUT2D eigenvalue weighted by Crippen LogP contribution is -2.37. The van der Waals surface area contributed by atoms with E-state index in [1.165, 1.54) is 0 Å². The molecular formula is C12H17NO2. The third-order valence-corrected chi connectivity index (χ3v) is 3.08. The molecule has 2 fully saturated rings. The normalized spacial score (nSPS) is 33.2. The Morgan fingerprint density at radius 1 is 1.60 bits per heavy atom. The molecule has 0 aromatic carbocycles. The van der Waals surface area contributed by atoms with Crippen LogP contribution in [0.4, 0.5) is 4.79 Å². The highest BCUT2D eigenvalue weighted by atomic mass is 16.6. The molecule has 0 N–H and O–H groups in total. The van der Waals surface area contributed by atoms with Crippen LogP contribution in [0.1, 0.15) is 27.2 Å². The quantitative estimate of drug-likeness (QED) is 0.567. The summed E-state index contributed by atoms with van der Waals surface area (Å²) in [5.41, 5.74) is -0.440. The van der Waals surface area contributed by atoms with Gasteiger partial charge in [-0.25, -0.2) is 4.79 Å². The summed E-state index contributed by atoms with van der Waals surface area (Å²) in [6, 6.07) is 0. The highest BCUT2D eigenvalue weighted by Gasteiger charge is 2.60. The molecule has 0 spiro atoms. The second-order valence-electron chi connectivity index (χ2n) is 5.56. The van der Waals surface area contributed by atoms with E-state index >= 15 is 0 Å². The topological polar surface area (TPSA) is 29.5 Å². The first-order valence-corrected chi connectivity index (χ1v) is 5.32. The third kappa shape index (κ3) is 1.81. The number of carbonyl (C=O) groups excluding carboxylic acids is 1. The maximum atomic E-state index is 11.7. The molecule has 1 aliphatic heterocycles. The van der Waals surface area contributed by atoms with E-state index in [2.05, 4.69) is 5.92 Å². The highest BCUT2D eigenvalue weighted by molar-refractivity contribution is 5.69. The van der Waals surface area contributed by atoms with Crippen LogP contribution < -0.4 is 0 Å². The predicted molar refractivity (Wildman–Crippen MR) is 57.2 cm³/mol. The fourth-order valence-electron chi connectivity index (χ4n) is 2.17. The number of hydrogen-bond acceptors (Lipinski definition) is 2. The molecule has 0 aromatic rings. The molecule has 2 rings (SSSR count). The van der Waals surface area contributed by atoms with Gasteiger partial charge in [-0.3, -0.25) is 0 Å². The van der Waals surface area contributed by atoms with Gasteiger partial charge >= 0.3 is 6.09 Å². The van der Waals surface area contributed by atoms with Gasteiger partial charge in [0.25, 0.3) is 0 Å². The van der Waals surface area contributed by atoms with Crippen LogP contribution in [-0.2, 0) is 4.74 Å². The first-order chi connectivity index (χ1) is 6.86. The number of hydrogen-bond donors (Lipinski definition) is 0. The number of rotatable bonds is 0. The van der Waals surface area contributed by atoms with E-state index in [4.69, 9.17) is 11.2 Å². The van der Waals surface area contributed by atoms with Crippen molar-refractivity contribution in [3.63, 3.8) is 0 Å². The zero-order valence-corrected chi connectivity index (χ0v) is 9.54.